The maximum atomic E-state index is 11.6. The molecule has 0 saturated heterocycles. The number of amides is 1. The normalized spacial score (nSPS) is 11.7. The van der Waals surface area contributed by atoms with Crippen LogP contribution in [-0.2, 0) is 9.59 Å². The molecule has 19 heavy (non-hydrogen) atoms. The Hall–Kier alpha value is -1.89. The van der Waals surface area contributed by atoms with Gasteiger partial charge >= 0.3 is 5.97 Å². The van der Waals surface area contributed by atoms with Crippen molar-refractivity contribution in [2.45, 2.75) is 19.8 Å². The predicted molar refractivity (Wildman–Crippen MR) is 68.3 cm³/mol. The molecular weight excluding hydrogens is 274 g/mol. The molecule has 7 nitrogen and oxygen atoms in total. The number of nitrogens with one attached hydrogen (secondary N) is 1. The van der Waals surface area contributed by atoms with Crippen LogP contribution in [-0.4, -0.2) is 34.1 Å². The van der Waals surface area contributed by atoms with E-state index in [-0.39, 0.29) is 41.6 Å². The van der Waals surface area contributed by atoms with Gasteiger partial charge in [-0.3, -0.25) is 14.9 Å². The quantitative estimate of drug-likeness (QED) is 0.770. The van der Waals surface area contributed by atoms with Gasteiger partial charge in [0.2, 0.25) is 17.7 Å². The summed E-state index contributed by atoms with van der Waals surface area (Å²) in [5.74, 6) is -1.34. The van der Waals surface area contributed by atoms with Crippen molar-refractivity contribution in [2.75, 3.05) is 12.4 Å². The molecule has 8 heteroatoms. The molecule has 1 aromatic rings. The van der Waals surface area contributed by atoms with E-state index in [0.717, 1.165) is 0 Å². The summed E-state index contributed by atoms with van der Waals surface area (Å²) in [6.45, 7) is 1.67. The third-order valence-corrected chi connectivity index (χ3v) is 2.38. The second-order valence-corrected chi connectivity index (χ2v) is 4.40. The van der Waals surface area contributed by atoms with Crippen LogP contribution in [0.1, 0.15) is 19.8 Å². The van der Waals surface area contributed by atoms with Gasteiger partial charge in [0.15, 0.2) is 0 Å². The van der Waals surface area contributed by atoms with Crippen molar-refractivity contribution in [3.63, 3.8) is 0 Å². The minimum Gasteiger partial charge on any atom is -0.481 e. The number of carboxylic acids is 1. The predicted octanol–water partition coefficient (Wildman–Crippen LogP) is 1.58. The van der Waals surface area contributed by atoms with Crippen LogP contribution < -0.4 is 10.1 Å². The average Bonchev–Trinajstić information content (AvgIpc) is 2.26. The summed E-state index contributed by atoms with van der Waals surface area (Å²) in [6, 6.07) is 1.41. The highest BCUT2D eigenvalue weighted by Gasteiger charge is 2.14. The van der Waals surface area contributed by atoms with E-state index in [1.165, 1.54) is 13.2 Å². The number of ether oxygens (including phenoxy) is 1. The molecule has 1 amide bonds. The van der Waals surface area contributed by atoms with Crippen molar-refractivity contribution >= 4 is 29.4 Å². The molecule has 1 rings (SSSR count). The number of nitrogens with zero attached hydrogens (tertiary/aromatic N) is 2. The standard InChI is InChI=1S/C11H14ClN3O4/c1-6(4-10(17)18)3-8(16)14-11-13-7(12)5-9(15-11)19-2/h5-6H,3-4H2,1-2H3,(H,17,18)(H,13,14,15,16). The first-order valence-corrected chi connectivity index (χ1v) is 5.88. The highest BCUT2D eigenvalue weighted by Crippen LogP contribution is 2.16. The molecule has 1 unspecified atom stereocenters. The van der Waals surface area contributed by atoms with Crippen LogP contribution in [0.15, 0.2) is 6.07 Å². The van der Waals surface area contributed by atoms with Crippen LogP contribution in [0.4, 0.5) is 5.95 Å². The van der Waals surface area contributed by atoms with Gasteiger partial charge in [0, 0.05) is 18.9 Å². The van der Waals surface area contributed by atoms with E-state index in [9.17, 15) is 9.59 Å². The van der Waals surface area contributed by atoms with Gasteiger partial charge in [0.1, 0.15) is 5.15 Å². The minimum atomic E-state index is -0.944. The largest absolute Gasteiger partial charge is 0.481 e. The topological polar surface area (TPSA) is 101 Å². The van der Waals surface area contributed by atoms with Crippen LogP contribution in [0.3, 0.4) is 0 Å². The van der Waals surface area contributed by atoms with Gasteiger partial charge in [-0.25, -0.2) is 4.98 Å². The first kappa shape index (κ1) is 15.2. The van der Waals surface area contributed by atoms with E-state index in [1.807, 2.05) is 0 Å². The maximum Gasteiger partial charge on any atom is 0.303 e. The Bertz CT molecular complexity index is 481. The Morgan fingerprint density at radius 1 is 1.47 bits per heavy atom. The monoisotopic (exact) mass is 287 g/mol. The second-order valence-electron chi connectivity index (χ2n) is 4.01. The van der Waals surface area contributed by atoms with Crippen LogP contribution in [0.2, 0.25) is 5.15 Å². The molecule has 0 aliphatic carbocycles. The number of hydrogen-bond donors (Lipinski definition) is 2. The van der Waals surface area contributed by atoms with Crippen molar-refractivity contribution in [1.82, 2.24) is 9.97 Å². The van der Waals surface area contributed by atoms with Crippen molar-refractivity contribution in [3.8, 4) is 5.88 Å². The van der Waals surface area contributed by atoms with Gasteiger partial charge in [0.25, 0.3) is 0 Å². The molecule has 0 saturated carbocycles. The molecular formula is C11H14ClN3O4. The van der Waals surface area contributed by atoms with E-state index >= 15 is 0 Å². The van der Waals surface area contributed by atoms with Crippen LogP contribution in [0, 0.1) is 5.92 Å². The highest BCUT2D eigenvalue weighted by molar-refractivity contribution is 6.29. The van der Waals surface area contributed by atoms with Crippen LogP contribution >= 0.6 is 11.6 Å². The number of hydrogen-bond acceptors (Lipinski definition) is 5. The SMILES string of the molecule is COc1cc(Cl)nc(NC(=O)CC(C)CC(=O)O)n1. The van der Waals surface area contributed by atoms with Crippen molar-refractivity contribution < 1.29 is 19.4 Å². The lowest BCUT2D eigenvalue weighted by Gasteiger charge is -2.09. The molecule has 0 aliphatic rings. The van der Waals surface area contributed by atoms with E-state index in [4.69, 9.17) is 21.4 Å². The molecule has 0 aromatic carbocycles. The number of carboxylic acid groups (broad SMARTS) is 1. The Balaban J connectivity index is 2.61. The fourth-order valence-electron chi connectivity index (χ4n) is 1.42. The zero-order valence-electron chi connectivity index (χ0n) is 10.5. The summed E-state index contributed by atoms with van der Waals surface area (Å²) >= 11 is 5.73. The third kappa shape index (κ3) is 5.52. The number of carbonyl (C=O) groups excluding carboxylic acids is 1. The van der Waals surface area contributed by atoms with Crippen molar-refractivity contribution in [1.29, 1.82) is 0 Å². The lowest BCUT2D eigenvalue weighted by atomic mass is 10.0. The molecule has 1 atom stereocenters. The fraction of sp³-hybridized carbons (Fsp3) is 0.455. The number of carbonyl (C=O) groups is 2. The van der Waals surface area contributed by atoms with Gasteiger partial charge < -0.3 is 9.84 Å². The number of aliphatic carboxylic acids is 1. The lowest BCUT2D eigenvalue weighted by molar-refractivity contribution is -0.138. The fourth-order valence-corrected chi connectivity index (χ4v) is 1.59. The zero-order chi connectivity index (χ0) is 14.4. The molecule has 0 aliphatic heterocycles. The average molecular weight is 288 g/mol. The Morgan fingerprint density at radius 3 is 2.74 bits per heavy atom. The van der Waals surface area contributed by atoms with Crippen LogP contribution in [0.25, 0.3) is 0 Å². The lowest BCUT2D eigenvalue weighted by Crippen LogP contribution is -2.18. The Kier molecular flexibility index (Phi) is 5.50. The van der Waals surface area contributed by atoms with Gasteiger partial charge in [0.05, 0.1) is 7.11 Å². The van der Waals surface area contributed by atoms with Crippen LogP contribution in [0.5, 0.6) is 5.88 Å². The second kappa shape index (κ2) is 6.89. The number of halogens is 1. The van der Waals surface area contributed by atoms with E-state index in [1.54, 1.807) is 6.92 Å². The maximum absolute atomic E-state index is 11.6. The summed E-state index contributed by atoms with van der Waals surface area (Å²) < 4.78 is 4.89. The summed E-state index contributed by atoms with van der Waals surface area (Å²) in [7, 11) is 1.42. The molecule has 104 valence electrons. The van der Waals surface area contributed by atoms with E-state index in [0.29, 0.717) is 0 Å². The molecule has 0 fully saturated rings. The van der Waals surface area contributed by atoms with Gasteiger partial charge in [-0.1, -0.05) is 18.5 Å². The molecule has 0 radical (unpaired) electrons. The molecule has 2 N–H and O–H groups in total. The first-order chi connectivity index (χ1) is 8.90. The molecule has 0 bridgehead atoms. The summed E-state index contributed by atoms with van der Waals surface area (Å²) in [6.07, 6.45) is -0.0162. The third-order valence-electron chi connectivity index (χ3n) is 2.19. The molecule has 1 aromatic heterocycles. The number of rotatable bonds is 6. The van der Waals surface area contributed by atoms with Gasteiger partial charge in [-0.2, -0.15) is 4.98 Å². The van der Waals surface area contributed by atoms with E-state index < -0.39 is 5.97 Å². The van der Waals surface area contributed by atoms with Gasteiger partial charge in [-0.15, -0.1) is 0 Å². The number of anilines is 1. The number of aromatic nitrogens is 2. The molecule has 0 spiro atoms. The Morgan fingerprint density at radius 2 is 2.16 bits per heavy atom. The molecule has 1 heterocycles. The van der Waals surface area contributed by atoms with Crippen molar-refractivity contribution in [3.05, 3.63) is 11.2 Å². The minimum absolute atomic E-state index is 0.0249. The summed E-state index contributed by atoms with van der Waals surface area (Å²) in [4.78, 5) is 29.8. The zero-order valence-corrected chi connectivity index (χ0v) is 11.3. The first-order valence-electron chi connectivity index (χ1n) is 5.51. The Labute approximate surface area is 115 Å². The van der Waals surface area contributed by atoms with Crippen molar-refractivity contribution in [2.24, 2.45) is 5.92 Å². The van der Waals surface area contributed by atoms with E-state index in [2.05, 4.69) is 15.3 Å². The smallest absolute Gasteiger partial charge is 0.303 e. The summed E-state index contributed by atoms with van der Waals surface area (Å²) in [5, 5.41) is 11.2. The summed E-state index contributed by atoms with van der Waals surface area (Å²) in [5.41, 5.74) is 0. The highest BCUT2D eigenvalue weighted by atomic mass is 35.5. The van der Waals surface area contributed by atoms with Gasteiger partial charge in [-0.05, 0) is 5.92 Å². The number of methoxy groups -OCH3 is 1.